The highest BCUT2D eigenvalue weighted by molar-refractivity contribution is 6.11. The van der Waals surface area contributed by atoms with Crippen molar-refractivity contribution in [3.8, 4) is 0 Å². The number of nitrogens with zero attached hydrogens (tertiary/aromatic N) is 4. The van der Waals surface area contributed by atoms with E-state index < -0.39 is 0 Å². The van der Waals surface area contributed by atoms with Gasteiger partial charge in [0.1, 0.15) is 11.5 Å². The first-order valence-corrected chi connectivity index (χ1v) is 12.2. The molecule has 7 nitrogen and oxygen atoms in total. The lowest BCUT2D eigenvalue weighted by Gasteiger charge is -2.31. The molecule has 4 rings (SSSR count). The maximum absolute atomic E-state index is 13.1. The van der Waals surface area contributed by atoms with Gasteiger partial charge in [0.05, 0.1) is 5.71 Å². The predicted molar refractivity (Wildman–Crippen MR) is 128 cm³/mol. The number of hydrogen-bond donors (Lipinski definition) is 1. The Hall–Kier alpha value is -3.00. The average Bonchev–Trinajstić information content (AvgIpc) is 3.22. The molecular formula is C26H33FN4O3. The Morgan fingerprint density at radius 2 is 1.79 bits per heavy atom. The highest BCUT2D eigenvalue weighted by Gasteiger charge is 2.29. The molecule has 1 N–H and O–H groups in total. The Morgan fingerprint density at radius 1 is 1.09 bits per heavy atom. The minimum atomic E-state index is -0.323. The number of carbonyl (C=O) groups excluding carboxylic acids is 2. The first kappa shape index (κ1) is 24.1. The number of aromatic nitrogens is 1. The smallest absolute Gasteiger partial charge is 0.271 e. The van der Waals surface area contributed by atoms with Crippen LogP contribution in [-0.2, 0) is 6.54 Å². The molecule has 1 aromatic carbocycles. The minimum Gasteiger partial charge on any atom is -0.411 e. The van der Waals surface area contributed by atoms with E-state index in [9.17, 15) is 19.2 Å². The second kappa shape index (κ2) is 11.0. The van der Waals surface area contributed by atoms with E-state index in [1.807, 2.05) is 23.8 Å². The summed E-state index contributed by atoms with van der Waals surface area (Å²) in [6.45, 7) is 6.61. The third-order valence-electron chi connectivity index (χ3n) is 7.10. The number of carbonyl (C=O) groups is 2. The Kier molecular flexibility index (Phi) is 7.77. The van der Waals surface area contributed by atoms with Crippen LogP contribution in [0.5, 0.6) is 0 Å². The van der Waals surface area contributed by atoms with E-state index in [-0.39, 0.29) is 23.4 Å². The number of aryl methyl sites for hydroxylation is 1. The molecular weight excluding hydrogens is 435 g/mol. The summed E-state index contributed by atoms with van der Waals surface area (Å²) in [7, 11) is 0. The van der Waals surface area contributed by atoms with Crippen molar-refractivity contribution in [3.63, 3.8) is 0 Å². The van der Waals surface area contributed by atoms with Crippen molar-refractivity contribution in [2.24, 2.45) is 11.1 Å². The number of benzene rings is 1. The largest absolute Gasteiger partial charge is 0.411 e. The molecule has 1 fully saturated rings. The van der Waals surface area contributed by atoms with Crippen molar-refractivity contribution >= 4 is 17.4 Å². The molecule has 0 spiro atoms. The van der Waals surface area contributed by atoms with Crippen LogP contribution in [0.3, 0.4) is 0 Å². The van der Waals surface area contributed by atoms with Crippen molar-refractivity contribution in [2.45, 2.75) is 45.6 Å². The fraction of sp³-hybridized carbons (Fsp3) is 0.500. The molecule has 0 radical (unpaired) electrons. The quantitative estimate of drug-likeness (QED) is 0.274. The zero-order valence-corrected chi connectivity index (χ0v) is 19.8. The second-order valence-corrected chi connectivity index (χ2v) is 9.15. The fourth-order valence-corrected chi connectivity index (χ4v) is 5.05. The highest BCUT2D eigenvalue weighted by atomic mass is 19.1. The lowest BCUT2D eigenvalue weighted by atomic mass is 9.89. The number of Topliss-reactive ketones (excluding diaryl/α,β-unsaturated/α-hetero) is 1. The molecule has 3 heterocycles. The maximum atomic E-state index is 13.1. The molecule has 182 valence electrons. The van der Waals surface area contributed by atoms with E-state index in [1.165, 1.54) is 12.1 Å². The maximum Gasteiger partial charge on any atom is 0.271 e. The SMILES string of the molecule is CCN1CC/C(=N\O)c2ccn(CCCCN3CCC(C(=O)c4ccc(F)cc4)CC3)c2C1=O. The number of oxime groups is 1. The average molecular weight is 469 g/mol. The lowest BCUT2D eigenvalue weighted by molar-refractivity contribution is 0.0759. The first-order chi connectivity index (χ1) is 16.5. The number of fused-ring (bicyclic) bond motifs is 1. The van der Waals surface area contributed by atoms with Gasteiger partial charge in [-0.2, -0.15) is 0 Å². The van der Waals surface area contributed by atoms with Crippen LogP contribution in [-0.4, -0.2) is 69.7 Å². The van der Waals surface area contributed by atoms with E-state index in [4.69, 9.17) is 0 Å². The van der Waals surface area contributed by atoms with E-state index in [1.54, 1.807) is 17.0 Å². The summed E-state index contributed by atoms with van der Waals surface area (Å²) in [5, 5.41) is 12.9. The second-order valence-electron chi connectivity index (χ2n) is 9.15. The number of piperidine rings is 1. The Bertz CT molecular complexity index is 1040. The molecule has 1 amide bonds. The monoisotopic (exact) mass is 468 g/mol. The third kappa shape index (κ3) is 5.22. The normalized spacial score (nSPS) is 18.8. The zero-order valence-electron chi connectivity index (χ0n) is 19.8. The van der Waals surface area contributed by atoms with Crippen molar-refractivity contribution in [1.29, 1.82) is 0 Å². The van der Waals surface area contributed by atoms with Gasteiger partial charge in [-0.1, -0.05) is 5.16 Å². The molecule has 2 aromatic rings. The van der Waals surface area contributed by atoms with E-state index in [0.717, 1.165) is 57.4 Å². The van der Waals surface area contributed by atoms with Gasteiger partial charge in [-0.25, -0.2) is 4.39 Å². The summed E-state index contributed by atoms with van der Waals surface area (Å²) < 4.78 is 15.1. The van der Waals surface area contributed by atoms with Gasteiger partial charge in [-0.15, -0.1) is 0 Å². The van der Waals surface area contributed by atoms with Crippen LogP contribution in [0.2, 0.25) is 0 Å². The standard InChI is InChI=1S/C26H33FN4O3/c1-2-30-18-12-23(28-34)22-11-17-31(24(22)26(30)33)14-4-3-13-29-15-9-20(10-16-29)25(32)19-5-7-21(27)8-6-19/h5-8,11,17,20,34H,2-4,9-10,12-16,18H2,1H3/b28-23+. The Balaban J connectivity index is 1.26. The summed E-state index contributed by atoms with van der Waals surface area (Å²) in [4.78, 5) is 29.9. The topological polar surface area (TPSA) is 78.1 Å². The van der Waals surface area contributed by atoms with Crippen molar-refractivity contribution in [2.75, 3.05) is 32.7 Å². The summed E-state index contributed by atoms with van der Waals surface area (Å²) in [6.07, 6.45) is 6.04. The highest BCUT2D eigenvalue weighted by Crippen LogP contribution is 2.24. The van der Waals surface area contributed by atoms with Gasteiger partial charge in [0.15, 0.2) is 5.78 Å². The van der Waals surface area contributed by atoms with Gasteiger partial charge in [-0.05, 0) is 82.6 Å². The third-order valence-corrected chi connectivity index (χ3v) is 7.10. The van der Waals surface area contributed by atoms with Crippen LogP contribution in [0.15, 0.2) is 41.7 Å². The number of hydrogen-bond acceptors (Lipinski definition) is 5. The number of ketones is 1. The predicted octanol–water partition coefficient (Wildman–Crippen LogP) is 4.05. The van der Waals surface area contributed by atoms with E-state index in [2.05, 4.69) is 10.1 Å². The van der Waals surface area contributed by atoms with Gasteiger partial charge in [0.2, 0.25) is 0 Å². The minimum absolute atomic E-state index is 0.00551. The fourth-order valence-electron chi connectivity index (χ4n) is 5.05. The van der Waals surface area contributed by atoms with Crippen molar-refractivity contribution in [1.82, 2.24) is 14.4 Å². The molecule has 0 aliphatic carbocycles. The van der Waals surface area contributed by atoms with Crippen LogP contribution < -0.4 is 0 Å². The summed E-state index contributed by atoms with van der Waals surface area (Å²) in [6, 6.07) is 7.72. The number of amides is 1. The Labute approximate surface area is 199 Å². The summed E-state index contributed by atoms with van der Waals surface area (Å²) in [5.74, 6) is -0.207. The molecule has 0 atom stereocenters. The molecule has 0 bridgehead atoms. The zero-order chi connectivity index (χ0) is 24.1. The number of rotatable bonds is 8. The lowest BCUT2D eigenvalue weighted by Crippen LogP contribution is -2.37. The van der Waals surface area contributed by atoms with Gasteiger partial charge in [0, 0.05) is 49.3 Å². The molecule has 2 aliphatic heterocycles. The van der Waals surface area contributed by atoms with Crippen molar-refractivity contribution in [3.05, 3.63) is 59.2 Å². The molecule has 8 heteroatoms. The van der Waals surface area contributed by atoms with Crippen LogP contribution in [0.25, 0.3) is 0 Å². The summed E-state index contributed by atoms with van der Waals surface area (Å²) in [5.41, 5.74) is 2.51. The van der Waals surface area contributed by atoms with Crippen LogP contribution in [0, 0.1) is 11.7 Å². The molecule has 0 unspecified atom stereocenters. The van der Waals surface area contributed by atoms with Gasteiger partial charge in [-0.3, -0.25) is 9.59 Å². The molecule has 0 saturated carbocycles. The van der Waals surface area contributed by atoms with Crippen LogP contribution >= 0.6 is 0 Å². The molecule has 34 heavy (non-hydrogen) atoms. The van der Waals surface area contributed by atoms with E-state index in [0.29, 0.717) is 36.5 Å². The van der Waals surface area contributed by atoms with E-state index >= 15 is 0 Å². The first-order valence-electron chi connectivity index (χ1n) is 12.2. The van der Waals surface area contributed by atoms with Gasteiger partial charge >= 0.3 is 0 Å². The van der Waals surface area contributed by atoms with Gasteiger partial charge in [0.25, 0.3) is 5.91 Å². The van der Waals surface area contributed by atoms with Crippen LogP contribution in [0.4, 0.5) is 4.39 Å². The number of unbranched alkanes of at least 4 members (excludes halogenated alkanes) is 1. The summed E-state index contributed by atoms with van der Waals surface area (Å²) >= 11 is 0. The Morgan fingerprint density at radius 3 is 2.47 bits per heavy atom. The van der Waals surface area contributed by atoms with Gasteiger partial charge < -0.3 is 19.6 Å². The van der Waals surface area contributed by atoms with Crippen molar-refractivity contribution < 1.29 is 19.2 Å². The number of likely N-dealkylation sites (tertiary alicyclic amines) is 1. The van der Waals surface area contributed by atoms with Crippen LogP contribution in [0.1, 0.15) is 65.4 Å². The molecule has 1 saturated heterocycles. The molecule has 2 aliphatic rings. The molecule has 1 aromatic heterocycles. The number of halogens is 1.